The fourth-order valence-corrected chi connectivity index (χ4v) is 2.72. The van der Waals surface area contributed by atoms with Crippen molar-refractivity contribution >= 4 is 11.3 Å². The summed E-state index contributed by atoms with van der Waals surface area (Å²) in [7, 11) is 4.32. The van der Waals surface area contributed by atoms with E-state index in [9.17, 15) is 4.39 Å². The number of quaternary nitrogens is 1. The average Bonchev–Trinajstić information content (AvgIpc) is 2.87. The SMILES string of the molecule is C[NH+](C)CCCNCc1csc(-c2ccc(F)cc2)n1. The van der Waals surface area contributed by atoms with Crippen LogP contribution in [-0.4, -0.2) is 32.2 Å². The number of halogens is 1. The highest BCUT2D eigenvalue weighted by molar-refractivity contribution is 7.13. The molecular weight excluding hydrogens is 273 g/mol. The van der Waals surface area contributed by atoms with Crippen LogP contribution in [0.15, 0.2) is 29.6 Å². The van der Waals surface area contributed by atoms with E-state index in [-0.39, 0.29) is 5.82 Å². The molecule has 0 atom stereocenters. The van der Waals surface area contributed by atoms with E-state index < -0.39 is 0 Å². The predicted molar refractivity (Wildman–Crippen MR) is 81.5 cm³/mol. The molecule has 3 nitrogen and oxygen atoms in total. The van der Waals surface area contributed by atoms with Gasteiger partial charge in [-0.15, -0.1) is 11.3 Å². The largest absolute Gasteiger partial charge is 0.340 e. The summed E-state index contributed by atoms with van der Waals surface area (Å²) in [6.07, 6.45) is 1.16. The van der Waals surface area contributed by atoms with Gasteiger partial charge in [0.2, 0.25) is 0 Å². The minimum absolute atomic E-state index is 0.213. The highest BCUT2D eigenvalue weighted by Gasteiger charge is 2.04. The van der Waals surface area contributed by atoms with Crippen LogP contribution in [0.2, 0.25) is 0 Å². The molecule has 5 heteroatoms. The lowest BCUT2D eigenvalue weighted by molar-refractivity contribution is -0.858. The lowest BCUT2D eigenvalue weighted by Crippen LogP contribution is -3.05. The van der Waals surface area contributed by atoms with E-state index in [1.807, 2.05) is 0 Å². The quantitative estimate of drug-likeness (QED) is 0.759. The molecule has 1 aromatic heterocycles. The second kappa shape index (κ2) is 7.47. The van der Waals surface area contributed by atoms with Crippen molar-refractivity contribution in [1.29, 1.82) is 0 Å². The van der Waals surface area contributed by atoms with Crippen molar-refractivity contribution < 1.29 is 9.29 Å². The topological polar surface area (TPSA) is 29.4 Å². The number of rotatable bonds is 7. The van der Waals surface area contributed by atoms with Crippen molar-refractivity contribution in [1.82, 2.24) is 10.3 Å². The third-order valence-corrected chi connectivity index (χ3v) is 3.92. The van der Waals surface area contributed by atoms with Gasteiger partial charge in [0.1, 0.15) is 10.8 Å². The van der Waals surface area contributed by atoms with Crippen LogP contribution in [0.4, 0.5) is 4.39 Å². The fourth-order valence-electron chi connectivity index (χ4n) is 1.90. The molecule has 0 amide bonds. The van der Waals surface area contributed by atoms with Crippen LogP contribution in [-0.2, 0) is 6.54 Å². The maximum absolute atomic E-state index is 12.9. The van der Waals surface area contributed by atoms with E-state index in [2.05, 4.69) is 29.8 Å². The van der Waals surface area contributed by atoms with Gasteiger partial charge in [0.25, 0.3) is 0 Å². The summed E-state index contributed by atoms with van der Waals surface area (Å²) in [5, 5.41) is 6.40. The second-order valence-corrected chi connectivity index (χ2v) is 6.00. The summed E-state index contributed by atoms with van der Waals surface area (Å²) >= 11 is 1.60. The Hall–Kier alpha value is -1.30. The first-order chi connectivity index (χ1) is 9.65. The molecule has 0 unspecified atom stereocenters. The Morgan fingerprint density at radius 2 is 2.00 bits per heavy atom. The second-order valence-electron chi connectivity index (χ2n) is 5.14. The molecule has 2 rings (SSSR count). The molecule has 2 N–H and O–H groups in total. The molecule has 108 valence electrons. The Balaban J connectivity index is 1.82. The van der Waals surface area contributed by atoms with Crippen LogP contribution in [0.1, 0.15) is 12.1 Å². The van der Waals surface area contributed by atoms with E-state index in [1.54, 1.807) is 23.5 Å². The molecule has 1 heterocycles. The number of benzene rings is 1. The van der Waals surface area contributed by atoms with Crippen LogP contribution in [0, 0.1) is 5.82 Å². The number of hydrogen-bond acceptors (Lipinski definition) is 3. The smallest absolute Gasteiger partial charge is 0.123 e. The van der Waals surface area contributed by atoms with Gasteiger partial charge in [0, 0.05) is 30.5 Å². The first-order valence-corrected chi connectivity index (χ1v) is 7.73. The van der Waals surface area contributed by atoms with Crippen molar-refractivity contribution in [2.75, 3.05) is 27.2 Å². The zero-order valence-electron chi connectivity index (χ0n) is 11.9. The van der Waals surface area contributed by atoms with E-state index in [1.165, 1.54) is 23.6 Å². The maximum Gasteiger partial charge on any atom is 0.123 e. The van der Waals surface area contributed by atoms with Crippen molar-refractivity contribution in [3.63, 3.8) is 0 Å². The Bertz CT molecular complexity index is 522. The van der Waals surface area contributed by atoms with Crippen LogP contribution in [0.3, 0.4) is 0 Å². The van der Waals surface area contributed by atoms with Gasteiger partial charge in [-0.25, -0.2) is 9.37 Å². The van der Waals surface area contributed by atoms with Gasteiger partial charge in [-0.2, -0.15) is 0 Å². The lowest BCUT2D eigenvalue weighted by atomic mass is 10.2. The molecule has 20 heavy (non-hydrogen) atoms. The van der Waals surface area contributed by atoms with Crippen molar-refractivity contribution in [3.8, 4) is 10.6 Å². The minimum Gasteiger partial charge on any atom is -0.340 e. The Labute approximate surface area is 123 Å². The van der Waals surface area contributed by atoms with E-state index >= 15 is 0 Å². The van der Waals surface area contributed by atoms with Crippen molar-refractivity contribution in [2.45, 2.75) is 13.0 Å². The zero-order chi connectivity index (χ0) is 14.4. The molecule has 1 aromatic carbocycles. The first kappa shape index (κ1) is 15.1. The van der Waals surface area contributed by atoms with Crippen molar-refractivity contribution in [3.05, 3.63) is 41.2 Å². The fraction of sp³-hybridized carbons (Fsp3) is 0.400. The van der Waals surface area contributed by atoms with Gasteiger partial charge in [-0.3, -0.25) is 0 Å². The number of nitrogens with zero attached hydrogens (tertiary/aromatic N) is 1. The molecule has 0 saturated heterocycles. The summed E-state index contributed by atoms with van der Waals surface area (Å²) in [5.41, 5.74) is 2.02. The van der Waals surface area contributed by atoms with Crippen LogP contribution in [0.25, 0.3) is 10.6 Å². The standard InChI is InChI=1S/C15H20FN3S/c1-19(2)9-3-8-17-10-14-11-20-15(18-14)12-4-6-13(16)7-5-12/h4-7,11,17H,3,8-10H2,1-2H3/p+1. The molecule has 2 aromatic rings. The third kappa shape index (κ3) is 4.67. The number of aromatic nitrogens is 1. The molecule has 0 aliphatic rings. The normalized spacial score (nSPS) is 11.2. The Morgan fingerprint density at radius 1 is 1.25 bits per heavy atom. The average molecular weight is 294 g/mol. The van der Waals surface area contributed by atoms with Gasteiger partial charge in [0.05, 0.1) is 26.3 Å². The Morgan fingerprint density at radius 3 is 2.70 bits per heavy atom. The number of nitrogens with one attached hydrogen (secondary N) is 2. The summed E-state index contributed by atoms with van der Waals surface area (Å²) < 4.78 is 12.9. The molecule has 0 saturated carbocycles. The van der Waals surface area contributed by atoms with Crippen LogP contribution >= 0.6 is 11.3 Å². The molecule has 0 bridgehead atoms. The number of hydrogen-bond donors (Lipinski definition) is 2. The monoisotopic (exact) mass is 294 g/mol. The van der Waals surface area contributed by atoms with Gasteiger partial charge >= 0.3 is 0 Å². The predicted octanol–water partition coefficient (Wildman–Crippen LogP) is 1.57. The van der Waals surface area contributed by atoms with Gasteiger partial charge in [-0.05, 0) is 24.3 Å². The molecule has 0 fully saturated rings. The summed E-state index contributed by atoms with van der Waals surface area (Å²) in [6, 6.07) is 6.48. The third-order valence-electron chi connectivity index (χ3n) is 2.98. The van der Waals surface area contributed by atoms with E-state index in [4.69, 9.17) is 0 Å². The molecule has 0 spiro atoms. The van der Waals surface area contributed by atoms with E-state index in [0.717, 1.165) is 35.8 Å². The van der Waals surface area contributed by atoms with Gasteiger partial charge in [0.15, 0.2) is 0 Å². The summed E-state index contributed by atoms with van der Waals surface area (Å²) in [5.74, 6) is -0.213. The van der Waals surface area contributed by atoms with Crippen LogP contribution in [0.5, 0.6) is 0 Å². The zero-order valence-corrected chi connectivity index (χ0v) is 12.8. The molecular formula is C15H21FN3S+. The highest BCUT2D eigenvalue weighted by Crippen LogP contribution is 2.23. The number of thiazole rings is 1. The first-order valence-electron chi connectivity index (χ1n) is 6.85. The summed E-state index contributed by atoms with van der Waals surface area (Å²) in [6.45, 7) is 2.97. The van der Waals surface area contributed by atoms with Crippen molar-refractivity contribution in [2.24, 2.45) is 0 Å². The van der Waals surface area contributed by atoms with Crippen LogP contribution < -0.4 is 10.2 Å². The Kier molecular flexibility index (Phi) is 5.64. The van der Waals surface area contributed by atoms with Gasteiger partial charge in [-0.1, -0.05) is 0 Å². The molecule has 0 radical (unpaired) electrons. The maximum atomic E-state index is 12.9. The molecule has 0 aliphatic heterocycles. The van der Waals surface area contributed by atoms with Gasteiger partial charge < -0.3 is 10.2 Å². The molecule has 0 aliphatic carbocycles. The highest BCUT2D eigenvalue weighted by atomic mass is 32.1. The minimum atomic E-state index is -0.213. The summed E-state index contributed by atoms with van der Waals surface area (Å²) in [4.78, 5) is 6.04. The van der Waals surface area contributed by atoms with E-state index in [0.29, 0.717) is 0 Å². The lowest BCUT2D eigenvalue weighted by Gasteiger charge is -2.06.